The summed E-state index contributed by atoms with van der Waals surface area (Å²) in [6, 6.07) is 16.0. The number of piperidine rings is 1. The molecule has 2 aromatic carbocycles. The Bertz CT molecular complexity index is 789. The molecule has 0 saturated carbocycles. The maximum absolute atomic E-state index is 12.9. The van der Waals surface area contributed by atoms with Gasteiger partial charge in [0, 0.05) is 12.1 Å². The quantitative estimate of drug-likeness (QED) is 0.792. The SMILES string of the molecule is CN1CCCCC1CCOc1ccc2c(c1)OCC(c1ccccc1)C2=O. The van der Waals surface area contributed by atoms with Crippen LogP contribution in [0.3, 0.4) is 0 Å². The van der Waals surface area contributed by atoms with Crippen molar-refractivity contribution in [2.75, 3.05) is 26.8 Å². The summed E-state index contributed by atoms with van der Waals surface area (Å²) < 4.78 is 11.9. The van der Waals surface area contributed by atoms with Crippen LogP contribution in [0.2, 0.25) is 0 Å². The molecule has 2 heterocycles. The summed E-state index contributed by atoms with van der Waals surface area (Å²) in [6.45, 7) is 2.25. The Morgan fingerprint density at radius 2 is 2.00 bits per heavy atom. The van der Waals surface area contributed by atoms with Crippen LogP contribution in [0.5, 0.6) is 11.5 Å². The maximum atomic E-state index is 12.9. The molecule has 0 aromatic heterocycles. The number of carbonyl (C=O) groups excluding carboxylic acids is 1. The Morgan fingerprint density at radius 1 is 1.15 bits per heavy atom. The zero-order valence-corrected chi connectivity index (χ0v) is 15.9. The predicted octanol–water partition coefficient (Wildman–Crippen LogP) is 4.30. The third-order valence-electron chi connectivity index (χ3n) is 5.78. The molecule has 0 aliphatic carbocycles. The van der Waals surface area contributed by atoms with E-state index in [0.717, 1.165) is 17.7 Å². The van der Waals surface area contributed by atoms with Crippen LogP contribution in [0, 0.1) is 0 Å². The van der Waals surface area contributed by atoms with Gasteiger partial charge in [-0.3, -0.25) is 4.79 Å². The lowest BCUT2D eigenvalue weighted by Crippen LogP contribution is -2.37. The minimum atomic E-state index is -0.229. The molecule has 1 saturated heterocycles. The molecule has 2 aliphatic rings. The van der Waals surface area contributed by atoms with Crippen LogP contribution >= 0.6 is 0 Å². The Kier molecular flexibility index (Phi) is 5.44. The smallest absolute Gasteiger partial charge is 0.177 e. The molecule has 1 fully saturated rings. The summed E-state index contributed by atoms with van der Waals surface area (Å²) in [5.74, 6) is 1.31. The van der Waals surface area contributed by atoms with Gasteiger partial charge < -0.3 is 14.4 Å². The average Bonchev–Trinajstić information content (AvgIpc) is 2.70. The molecule has 2 atom stereocenters. The minimum Gasteiger partial charge on any atom is -0.493 e. The molecule has 2 aliphatic heterocycles. The van der Waals surface area contributed by atoms with Crippen molar-refractivity contribution in [3.8, 4) is 11.5 Å². The van der Waals surface area contributed by atoms with Crippen molar-refractivity contribution in [3.63, 3.8) is 0 Å². The second kappa shape index (κ2) is 8.13. The molecule has 0 bridgehead atoms. The molecule has 27 heavy (non-hydrogen) atoms. The van der Waals surface area contributed by atoms with Gasteiger partial charge in [-0.15, -0.1) is 0 Å². The summed E-state index contributed by atoms with van der Waals surface area (Å²) in [6.07, 6.45) is 4.90. The molecule has 0 spiro atoms. The standard InChI is InChI=1S/C23H27NO3/c1-24-13-6-5-9-18(24)12-14-26-19-10-11-20-22(15-19)27-16-21(23(20)25)17-7-3-2-4-8-17/h2-4,7-8,10-11,15,18,21H,5-6,9,12-14,16H2,1H3. The van der Waals surface area contributed by atoms with Gasteiger partial charge in [0.2, 0.25) is 0 Å². The number of nitrogens with zero attached hydrogens (tertiary/aromatic N) is 1. The van der Waals surface area contributed by atoms with E-state index < -0.39 is 0 Å². The summed E-state index contributed by atoms with van der Waals surface area (Å²) in [7, 11) is 2.20. The van der Waals surface area contributed by atoms with E-state index in [1.807, 2.05) is 48.5 Å². The third-order valence-corrected chi connectivity index (χ3v) is 5.78. The topological polar surface area (TPSA) is 38.8 Å². The summed E-state index contributed by atoms with van der Waals surface area (Å²) in [5.41, 5.74) is 1.65. The van der Waals surface area contributed by atoms with Crippen molar-refractivity contribution in [1.82, 2.24) is 4.90 Å². The predicted molar refractivity (Wildman–Crippen MR) is 106 cm³/mol. The number of ether oxygens (including phenoxy) is 2. The third kappa shape index (κ3) is 4.01. The van der Waals surface area contributed by atoms with Gasteiger partial charge >= 0.3 is 0 Å². The van der Waals surface area contributed by atoms with Crippen molar-refractivity contribution in [1.29, 1.82) is 0 Å². The fourth-order valence-corrected chi connectivity index (χ4v) is 4.11. The Labute approximate surface area is 161 Å². The monoisotopic (exact) mass is 365 g/mol. The second-order valence-corrected chi connectivity index (χ2v) is 7.56. The molecule has 4 nitrogen and oxygen atoms in total. The van der Waals surface area contributed by atoms with E-state index in [9.17, 15) is 4.79 Å². The number of likely N-dealkylation sites (tertiary alicyclic amines) is 1. The maximum Gasteiger partial charge on any atom is 0.177 e. The van der Waals surface area contributed by atoms with Gasteiger partial charge in [-0.2, -0.15) is 0 Å². The number of benzene rings is 2. The van der Waals surface area contributed by atoms with Crippen molar-refractivity contribution in [3.05, 3.63) is 59.7 Å². The first-order valence-corrected chi connectivity index (χ1v) is 9.91. The Hall–Kier alpha value is -2.33. The van der Waals surface area contributed by atoms with E-state index in [1.165, 1.54) is 25.8 Å². The Balaban J connectivity index is 1.39. The lowest BCUT2D eigenvalue weighted by Gasteiger charge is -2.32. The van der Waals surface area contributed by atoms with Gasteiger partial charge in [-0.1, -0.05) is 36.8 Å². The summed E-state index contributed by atoms with van der Waals surface area (Å²) >= 11 is 0. The summed E-state index contributed by atoms with van der Waals surface area (Å²) in [5, 5.41) is 0. The van der Waals surface area contributed by atoms with E-state index in [0.29, 0.717) is 30.6 Å². The molecular weight excluding hydrogens is 338 g/mol. The molecule has 142 valence electrons. The highest BCUT2D eigenvalue weighted by atomic mass is 16.5. The first-order chi connectivity index (χ1) is 13.2. The van der Waals surface area contributed by atoms with Crippen LogP contribution in [-0.2, 0) is 0 Å². The van der Waals surface area contributed by atoms with Gasteiger partial charge in [0.15, 0.2) is 5.78 Å². The molecule has 4 heteroatoms. The minimum absolute atomic E-state index is 0.123. The van der Waals surface area contributed by atoms with Crippen LogP contribution in [0.15, 0.2) is 48.5 Å². The lowest BCUT2D eigenvalue weighted by molar-refractivity contribution is 0.0896. The van der Waals surface area contributed by atoms with Crippen molar-refractivity contribution in [2.24, 2.45) is 0 Å². The second-order valence-electron chi connectivity index (χ2n) is 7.56. The first-order valence-electron chi connectivity index (χ1n) is 9.91. The highest BCUT2D eigenvalue weighted by Crippen LogP contribution is 2.35. The van der Waals surface area contributed by atoms with Gasteiger partial charge in [0.1, 0.15) is 18.1 Å². The number of carbonyl (C=O) groups is 1. The van der Waals surface area contributed by atoms with E-state index in [2.05, 4.69) is 11.9 Å². The normalized spacial score (nSPS) is 22.8. The zero-order valence-electron chi connectivity index (χ0n) is 15.9. The molecule has 0 N–H and O–H groups in total. The lowest BCUT2D eigenvalue weighted by atomic mass is 9.89. The number of hydrogen-bond donors (Lipinski definition) is 0. The highest BCUT2D eigenvalue weighted by molar-refractivity contribution is 6.04. The Morgan fingerprint density at radius 3 is 2.81 bits per heavy atom. The number of ketones is 1. The number of fused-ring (bicyclic) bond motifs is 1. The number of Topliss-reactive ketones (excluding diaryl/α,β-unsaturated/α-hetero) is 1. The molecule has 0 amide bonds. The number of rotatable bonds is 5. The van der Waals surface area contributed by atoms with Crippen LogP contribution in [0.4, 0.5) is 0 Å². The fourth-order valence-electron chi connectivity index (χ4n) is 4.11. The molecule has 4 rings (SSSR count). The van der Waals surface area contributed by atoms with E-state index in [-0.39, 0.29) is 11.7 Å². The first kappa shape index (κ1) is 18.1. The van der Waals surface area contributed by atoms with Gasteiger partial charge in [-0.05, 0) is 50.6 Å². The average molecular weight is 365 g/mol. The van der Waals surface area contributed by atoms with Gasteiger partial charge in [-0.25, -0.2) is 0 Å². The number of hydrogen-bond acceptors (Lipinski definition) is 4. The zero-order chi connectivity index (χ0) is 18.6. The van der Waals surface area contributed by atoms with Crippen LogP contribution in [-0.4, -0.2) is 43.5 Å². The van der Waals surface area contributed by atoms with Crippen molar-refractivity contribution >= 4 is 5.78 Å². The highest BCUT2D eigenvalue weighted by Gasteiger charge is 2.30. The fraction of sp³-hybridized carbons (Fsp3) is 0.435. The molecule has 0 radical (unpaired) electrons. The van der Waals surface area contributed by atoms with Crippen LogP contribution < -0.4 is 9.47 Å². The van der Waals surface area contributed by atoms with Crippen molar-refractivity contribution in [2.45, 2.75) is 37.6 Å². The molecule has 2 aromatic rings. The molecular formula is C23H27NO3. The van der Waals surface area contributed by atoms with E-state index in [4.69, 9.17) is 9.47 Å². The van der Waals surface area contributed by atoms with Gasteiger partial charge in [0.05, 0.1) is 18.1 Å². The van der Waals surface area contributed by atoms with E-state index >= 15 is 0 Å². The van der Waals surface area contributed by atoms with Crippen LogP contribution in [0.25, 0.3) is 0 Å². The van der Waals surface area contributed by atoms with Gasteiger partial charge in [0.25, 0.3) is 0 Å². The van der Waals surface area contributed by atoms with Crippen LogP contribution in [0.1, 0.15) is 47.5 Å². The summed E-state index contributed by atoms with van der Waals surface area (Å²) in [4.78, 5) is 15.3. The molecule has 2 unspecified atom stereocenters. The van der Waals surface area contributed by atoms with E-state index in [1.54, 1.807) is 0 Å². The largest absolute Gasteiger partial charge is 0.493 e. The van der Waals surface area contributed by atoms with Crippen molar-refractivity contribution < 1.29 is 14.3 Å².